The molecule has 1 atom stereocenters. The number of rotatable bonds is 6. The van der Waals surface area contributed by atoms with Crippen LogP contribution in [0.25, 0.3) is 0 Å². The van der Waals surface area contributed by atoms with Gasteiger partial charge in [-0.1, -0.05) is 0 Å². The first-order chi connectivity index (χ1) is 8.20. The van der Waals surface area contributed by atoms with E-state index in [0.29, 0.717) is 6.42 Å². The zero-order valence-corrected chi connectivity index (χ0v) is 12.2. The number of nitrogens with two attached hydrogens (primary N) is 1. The van der Waals surface area contributed by atoms with Crippen LogP contribution in [0.5, 0.6) is 0 Å². The van der Waals surface area contributed by atoms with Gasteiger partial charge in [0.05, 0.1) is 4.75 Å². The van der Waals surface area contributed by atoms with E-state index < -0.39 is 14.6 Å². The van der Waals surface area contributed by atoms with Gasteiger partial charge in [0.15, 0.2) is 9.84 Å². The quantitative estimate of drug-likeness (QED) is 0.563. The molecule has 0 spiro atoms. The van der Waals surface area contributed by atoms with Crippen molar-refractivity contribution in [2.75, 3.05) is 6.26 Å². The van der Waals surface area contributed by atoms with E-state index in [4.69, 9.17) is 5.84 Å². The normalized spacial score (nSPS) is 14.7. The minimum atomic E-state index is -3.18. The molecule has 1 aromatic rings. The zero-order chi connectivity index (χ0) is 14.0. The first kappa shape index (κ1) is 15.1. The van der Waals surface area contributed by atoms with E-state index in [0.717, 1.165) is 12.1 Å². The van der Waals surface area contributed by atoms with Crippen molar-refractivity contribution in [1.82, 2.24) is 15.2 Å². The largest absolute Gasteiger partial charge is 0.273 e. The van der Waals surface area contributed by atoms with Crippen LogP contribution >= 0.6 is 0 Å². The molecule has 0 aliphatic rings. The van der Waals surface area contributed by atoms with Crippen LogP contribution in [0.15, 0.2) is 12.3 Å². The molecule has 0 fully saturated rings. The number of hydrogen-bond donors (Lipinski definition) is 2. The highest BCUT2D eigenvalue weighted by Gasteiger charge is 2.38. The molecule has 1 unspecified atom stereocenters. The summed E-state index contributed by atoms with van der Waals surface area (Å²) < 4.78 is 24.4. The number of hydrazine groups is 1. The van der Waals surface area contributed by atoms with Crippen LogP contribution in [0.1, 0.15) is 26.0 Å². The molecule has 104 valence electrons. The Bertz CT molecular complexity index is 493. The van der Waals surface area contributed by atoms with Gasteiger partial charge in [-0.15, -0.1) is 0 Å². The molecule has 7 heteroatoms. The highest BCUT2D eigenvalue weighted by atomic mass is 32.2. The fourth-order valence-electron chi connectivity index (χ4n) is 1.83. The molecule has 0 aliphatic heterocycles. The molecule has 6 nitrogen and oxygen atoms in total. The Morgan fingerprint density at radius 3 is 2.56 bits per heavy atom. The Kier molecular flexibility index (Phi) is 4.52. The van der Waals surface area contributed by atoms with Crippen molar-refractivity contribution in [2.24, 2.45) is 12.9 Å². The second kappa shape index (κ2) is 5.38. The average Bonchev–Trinajstić information content (AvgIpc) is 2.63. The fourth-order valence-corrected chi connectivity index (χ4v) is 2.53. The minimum Gasteiger partial charge on any atom is -0.273 e. The van der Waals surface area contributed by atoms with E-state index in [2.05, 4.69) is 10.5 Å². The number of aryl methyl sites for hydroxylation is 2. The van der Waals surface area contributed by atoms with Crippen LogP contribution in [0, 0.1) is 0 Å². The molecular formula is C11H22N4O2S. The molecule has 0 aliphatic carbocycles. The Hall–Kier alpha value is -0.920. The van der Waals surface area contributed by atoms with E-state index in [1.807, 2.05) is 13.1 Å². The summed E-state index contributed by atoms with van der Waals surface area (Å²) in [6, 6.07) is 1.61. The molecule has 3 N–H and O–H groups in total. The number of nitrogens with one attached hydrogen (secondary N) is 1. The van der Waals surface area contributed by atoms with Crippen molar-refractivity contribution in [1.29, 1.82) is 0 Å². The number of sulfone groups is 1. The third-order valence-corrected chi connectivity index (χ3v) is 5.80. The van der Waals surface area contributed by atoms with Gasteiger partial charge in [-0.2, -0.15) is 5.10 Å². The lowest BCUT2D eigenvalue weighted by Gasteiger charge is -2.32. The highest BCUT2D eigenvalue weighted by Crippen LogP contribution is 2.23. The summed E-state index contributed by atoms with van der Waals surface area (Å²) in [5, 5.41) is 4.08. The maximum Gasteiger partial charge on any atom is 0.154 e. The van der Waals surface area contributed by atoms with Gasteiger partial charge >= 0.3 is 0 Å². The molecule has 0 bridgehead atoms. The standard InChI is InChI=1S/C11H22N4O2S/c1-11(2,18(4,16)17)10(14-12)6-5-9-7-8-13-15(9)3/h7-8,10,14H,5-6,12H2,1-4H3. The van der Waals surface area contributed by atoms with Gasteiger partial charge in [-0.25, -0.2) is 8.42 Å². The predicted molar refractivity (Wildman–Crippen MR) is 71.6 cm³/mol. The van der Waals surface area contributed by atoms with Gasteiger partial charge in [0.1, 0.15) is 0 Å². The van der Waals surface area contributed by atoms with E-state index >= 15 is 0 Å². The topological polar surface area (TPSA) is 90.0 Å². The number of hydrogen-bond acceptors (Lipinski definition) is 5. The van der Waals surface area contributed by atoms with Crippen molar-refractivity contribution >= 4 is 9.84 Å². The minimum absolute atomic E-state index is 0.303. The van der Waals surface area contributed by atoms with Gasteiger partial charge in [0.2, 0.25) is 0 Å². The molecule has 0 radical (unpaired) electrons. The van der Waals surface area contributed by atoms with Crippen LogP contribution in [-0.2, 0) is 23.3 Å². The summed E-state index contributed by atoms with van der Waals surface area (Å²) in [6.07, 6.45) is 4.32. The van der Waals surface area contributed by atoms with E-state index in [1.165, 1.54) is 6.26 Å². The first-order valence-corrected chi connectivity index (χ1v) is 7.72. The predicted octanol–water partition coefficient (Wildman–Crippen LogP) is 0.00780. The maximum atomic E-state index is 11.8. The van der Waals surface area contributed by atoms with E-state index in [-0.39, 0.29) is 6.04 Å². The lowest BCUT2D eigenvalue weighted by molar-refractivity contribution is 0.391. The maximum absolute atomic E-state index is 11.8. The summed E-state index contributed by atoms with van der Waals surface area (Å²) in [7, 11) is -1.32. The summed E-state index contributed by atoms with van der Waals surface area (Å²) >= 11 is 0. The Balaban J connectivity index is 2.78. The molecule has 1 rings (SSSR count). The van der Waals surface area contributed by atoms with Crippen molar-refractivity contribution < 1.29 is 8.42 Å². The summed E-state index contributed by atoms with van der Waals surface area (Å²) in [5.74, 6) is 5.50. The molecule has 18 heavy (non-hydrogen) atoms. The Labute approximate surface area is 108 Å². The summed E-state index contributed by atoms with van der Waals surface area (Å²) in [4.78, 5) is 0. The lowest BCUT2D eigenvalue weighted by atomic mass is 9.98. The lowest BCUT2D eigenvalue weighted by Crippen LogP contribution is -2.54. The molecule has 1 heterocycles. The van der Waals surface area contributed by atoms with Crippen molar-refractivity contribution in [2.45, 2.75) is 37.5 Å². The van der Waals surface area contributed by atoms with Crippen LogP contribution in [-0.4, -0.2) is 35.2 Å². The molecule has 0 saturated carbocycles. The van der Waals surface area contributed by atoms with Crippen LogP contribution in [0.3, 0.4) is 0 Å². The highest BCUT2D eigenvalue weighted by molar-refractivity contribution is 7.92. The first-order valence-electron chi connectivity index (χ1n) is 5.82. The van der Waals surface area contributed by atoms with Crippen molar-refractivity contribution in [3.05, 3.63) is 18.0 Å². The van der Waals surface area contributed by atoms with E-state index in [9.17, 15) is 8.42 Å². The average molecular weight is 274 g/mol. The van der Waals surface area contributed by atoms with Crippen LogP contribution in [0.2, 0.25) is 0 Å². The van der Waals surface area contributed by atoms with Crippen molar-refractivity contribution in [3.63, 3.8) is 0 Å². The van der Waals surface area contributed by atoms with Gasteiger partial charge in [0.25, 0.3) is 0 Å². The van der Waals surface area contributed by atoms with Gasteiger partial charge in [0, 0.05) is 31.2 Å². The molecular weight excluding hydrogens is 252 g/mol. The van der Waals surface area contributed by atoms with Crippen molar-refractivity contribution in [3.8, 4) is 0 Å². The smallest absolute Gasteiger partial charge is 0.154 e. The molecule has 1 aromatic heterocycles. The molecule has 0 saturated heterocycles. The Morgan fingerprint density at radius 2 is 2.17 bits per heavy atom. The second-order valence-electron chi connectivity index (χ2n) is 5.08. The number of aromatic nitrogens is 2. The third kappa shape index (κ3) is 3.09. The van der Waals surface area contributed by atoms with Gasteiger partial charge < -0.3 is 0 Å². The van der Waals surface area contributed by atoms with Crippen LogP contribution in [0.4, 0.5) is 0 Å². The van der Waals surface area contributed by atoms with E-state index in [1.54, 1.807) is 24.7 Å². The SMILES string of the molecule is Cn1nccc1CCC(NN)C(C)(C)S(C)(=O)=O. The van der Waals surface area contributed by atoms with Gasteiger partial charge in [-0.05, 0) is 32.8 Å². The third-order valence-electron chi connectivity index (χ3n) is 3.61. The molecule has 0 aromatic carbocycles. The number of nitrogens with zero attached hydrogens (tertiary/aromatic N) is 2. The molecule has 0 amide bonds. The Morgan fingerprint density at radius 1 is 1.56 bits per heavy atom. The summed E-state index contributed by atoms with van der Waals surface area (Å²) in [6.45, 7) is 3.38. The second-order valence-corrected chi connectivity index (χ2v) is 7.68. The van der Waals surface area contributed by atoms with Crippen LogP contribution < -0.4 is 11.3 Å². The fraction of sp³-hybridized carbons (Fsp3) is 0.727. The van der Waals surface area contributed by atoms with Gasteiger partial charge in [-0.3, -0.25) is 16.0 Å². The summed E-state index contributed by atoms with van der Waals surface area (Å²) in [5.41, 5.74) is 3.68. The monoisotopic (exact) mass is 274 g/mol. The zero-order valence-electron chi connectivity index (χ0n) is 11.3.